The molecule has 0 atom stereocenters. The quantitative estimate of drug-likeness (QED) is 0.644. The summed E-state index contributed by atoms with van der Waals surface area (Å²) in [6.45, 7) is 5.95. The molecule has 1 radical (unpaired) electrons. The van der Waals surface area contributed by atoms with E-state index in [4.69, 9.17) is 0 Å². The van der Waals surface area contributed by atoms with Gasteiger partial charge in [-0.2, -0.15) is 0 Å². The van der Waals surface area contributed by atoms with Gasteiger partial charge in [-0.05, 0) is 25.5 Å². The van der Waals surface area contributed by atoms with Crippen molar-refractivity contribution in [2.75, 3.05) is 0 Å². The molecule has 0 aliphatic carbocycles. The third kappa shape index (κ3) is 1.35. The number of para-hydroxylation sites is 1. The number of hydrogen-bond donors (Lipinski definition) is 0. The summed E-state index contributed by atoms with van der Waals surface area (Å²) >= 11 is 0. The first-order chi connectivity index (χ1) is 6.29. The van der Waals surface area contributed by atoms with Crippen LogP contribution in [0.2, 0.25) is 0 Å². The van der Waals surface area contributed by atoms with E-state index in [-0.39, 0.29) is 0 Å². The highest BCUT2D eigenvalue weighted by molar-refractivity contribution is 5.43. The van der Waals surface area contributed by atoms with Crippen LogP contribution >= 0.6 is 0 Å². The van der Waals surface area contributed by atoms with Crippen LogP contribution in [-0.2, 0) is 0 Å². The van der Waals surface area contributed by atoms with Gasteiger partial charge in [0, 0.05) is 18.1 Å². The molecule has 1 heterocycles. The molecule has 13 heavy (non-hydrogen) atoms. The van der Waals surface area contributed by atoms with Crippen LogP contribution in [0.25, 0.3) is 5.69 Å². The summed E-state index contributed by atoms with van der Waals surface area (Å²) in [6.07, 6.45) is 3.74. The molecule has 2 aromatic rings. The second kappa shape index (κ2) is 3.05. The van der Waals surface area contributed by atoms with Crippen molar-refractivity contribution in [2.45, 2.75) is 6.92 Å². The number of aromatic nitrogens is 2. The van der Waals surface area contributed by atoms with Gasteiger partial charge in [0.05, 0.1) is 0 Å². The lowest BCUT2D eigenvalue weighted by atomic mass is 10.2. The molecule has 1 aromatic heterocycles. The van der Waals surface area contributed by atoms with E-state index in [1.807, 2.05) is 42.0 Å². The zero-order chi connectivity index (χ0) is 9.26. The van der Waals surface area contributed by atoms with Crippen LogP contribution in [0.1, 0.15) is 11.4 Å². The van der Waals surface area contributed by atoms with Crippen LogP contribution in [0.4, 0.5) is 0 Å². The smallest absolute Gasteiger partial charge is 0.110 e. The minimum atomic E-state index is 0.983. The molecule has 0 bridgehead atoms. The monoisotopic (exact) mass is 171 g/mol. The summed E-state index contributed by atoms with van der Waals surface area (Å²) < 4.78 is 2.03. The van der Waals surface area contributed by atoms with E-state index < -0.39 is 0 Å². The highest BCUT2D eigenvalue weighted by atomic mass is 15.1. The Kier molecular flexibility index (Phi) is 1.89. The van der Waals surface area contributed by atoms with Crippen molar-refractivity contribution in [1.82, 2.24) is 9.55 Å². The normalized spacial score (nSPS) is 10.3. The van der Waals surface area contributed by atoms with E-state index in [0.29, 0.717) is 0 Å². The van der Waals surface area contributed by atoms with Crippen molar-refractivity contribution < 1.29 is 0 Å². The van der Waals surface area contributed by atoms with Crippen molar-refractivity contribution in [3.05, 3.63) is 55.0 Å². The van der Waals surface area contributed by atoms with E-state index in [2.05, 4.69) is 11.9 Å². The van der Waals surface area contributed by atoms with Gasteiger partial charge in [0.2, 0.25) is 0 Å². The highest BCUT2D eigenvalue weighted by Crippen LogP contribution is 2.14. The lowest BCUT2D eigenvalue weighted by Crippen LogP contribution is -1.97. The maximum atomic E-state index is 4.17. The molecule has 0 saturated heterocycles. The molecular weight excluding hydrogens is 160 g/mol. The number of rotatable bonds is 1. The van der Waals surface area contributed by atoms with Gasteiger partial charge in [0.1, 0.15) is 5.82 Å². The van der Waals surface area contributed by atoms with Crippen molar-refractivity contribution >= 4 is 0 Å². The first-order valence-corrected chi connectivity index (χ1v) is 4.20. The summed E-state index contributed by atoms with van der Waals surface area (Å²) in [4.78, 5) is 4.17. The Morgan fingerprint density at radius 1 is 1.31 bits per heavy atom. The average Bonchev–Trinajstić information content (AvgIpc) is 2.52. The molecule has 0 aliphatic rings. The second-order valence-corrected chi connectivity index (χ2v) is 2.97. The first kappa shape index (κ1) is 8.05. The number of hydrogen-bond acceptors (Lipinski definition) is 1. The first-order valence-electron chi connectivity index (χ1n) is 4.20. The molecule has 0 saturated carbocycles. The maximum Gasteiger partial charge on any atom is 0.110 e. The predicted molar refractivity (Wildman–Crippen MR) is 52.8 cm³/mol. The van der Waals surface area contributed by atoms with Crippen molar-refractivity contribution in [3.63, 3.8) is 0 Å². The number of benzene rings is 1. The fraction of sp³-hybridized carbons (Fsp3) is 0.0909. The van der Waals surface area contributed by atoms with Crippen LogP contribution in [0.15, 0.2) is 36.7 Å². The number of aryl methyl sites for hydroxylation is 1. The lowest BCUT2D eigenvalue weighted by Gasteiger charge is -2.07. The number of nitrogens with zero attached hydrogens (tertiary/aromatic N) is 2. The van der Waals surface area contributed by atoms with Crippen LogP contribution in [0.3, 0.4) is 0 Å². The highest BCUT2D eigenvalue weighted by Gasteiger charge is 2.01. The van der Waals surface area contributed by atoms with Gasteiger partial charge in [-0.3, -0.25) is 0 Å². The Hall–Kier alpha value is -1.57. The zero-order valence-electron chi connectivity index (χ0n) is 7.57. The zero-order valence-corrected chi connectivity index (χ0v) is 7.57. The minimum absolute atomic E-state index is 0.983. The third-order valence-corrected chi connectivity index (χ3v) is 2.08. The van der Waals surface area contributed by atoms with E-state index in [1.54, 1.807) is 6.20 Å². The van der Waals surface area contributed by atoms with Crippen LogP contribution < -0.4 is 0 Å². The van der Waals surface area contributed by atoms with Gasteiger partial charge < -0.3 is 4.57 Å². The Balaban J connectivity index is 2.59. The average molecular weight is 171 g/mol. The fourth-order valence-electron chi connectivity index (χ4n) is 1.38. The van der Waals surface area contributed by atoms with Gasteiger partial charge >= 0.3 is 0 Å². The lowest BCUT2D eigenvalue weighted by molar-refractivity contribution is 0.970. The molecule has 0 amide bonds. The third-order valence-electron chi connectivity index (χ3n) is 2.08. The molecule has 2 heteroatoms. The topological polar surface area (TPSA) is 17.8 Å². The molecule has 2 rings (SSSR count). The Morgan fingerprint density at radius 3 is 2.69 bits per heavy atom. The minimum Gasteiger partial charge on any atom is -0.304 e. The molecular formula is C11H11N2. The van der Waals surface area contributed by atoms with Crippen LogP contribution in [0.5, 0.6) is 0 Å². The molecule has 2 nitrogen and oxygen atoms in total. The van der Waals surface area contributed by atoms with Crippen LogP contribution in [0, 0.1) is 13.8 Å². The van der Waals surface area contributed by atoms with E-state index >= 15 is 0 Å². The van der Waals surface area contributed by atoms with E-state index in [0.717, 1.165) is 17.1 Å². The van der Waals surface area contributed by atoms with Gasteiger partial charge in [-0.25, -0.2) is 4.98 Å². The molecule has 0 N–H and O–H groups in total. The van der Waals surface area contributed by atoms with E-state index in [9.17, 15) is 0 Å². The number of imidazole rings is 1. The summed E-state index contributed by atoms with van der Waals surface area (Å²) in [5.41, 5.74) is 2.11. The fourth-order valence-corrected chi connectivity index (χ4v) is 1.38. The largest absolute Gasteiger partial charge is 0.304 e. The summed E-state index contributed by atoms with van der Waals surface area (Å²) in [7, 11) is 0. The maximum absolute atomic E-state index is 4.17. The summed E-state index contributed by atoms with van der Waals surface area (Å²) in [5.74, 6) is 0.983. The standard InChI is InChI=1S/C11H11N2/c1-9-5-3-4-6-11(9)13-8-7-12-10(13)2/h3-8H,1H2,2H3. The molecule has 0 fully saturated rings. The van der Waals surface area contributed by atoms with Crippen LogP contribution in [-0.4, -0.2) is 9.55 Å². The molecule has 0 aliphatic heterocycles. The van der Waals surface area contributed by atoms with Gasteiger partial charge in [0.25, 0.3) is 0 Å². The summed E-state index contributed by atoms with van der Waals surface area (Å²) in [5, 5.41) is 0. The Labute approximate surface area is 77.9 Å². The van der Waals surface area contributed by atoms with Crippen molar-refractivity contribution in [1.29, 1.82) is 0 Å². The van der Waals surface area contributed by atoms with Crippen molar-refractivity contribution in [3.8, 4) is 5.69 Å². The van der Waals surface area contributed by atoms with E-state index in [1.165, 1.54) is 0 Å². The predicted octanol–water partition coefficient (Wildman–Crippen LogP) is 2.36. The molecule has 1 aromatic carbocycles. The molecule has 0 spiro atoms. The van der Waals surface area contributed by atoms with Gasteiger partial charge in [-0.15, -0.1) is 0 Å². The molecule has 65 valence electrons. The van der Waals surface area contributed by atoms with Crippen molar-refractivity contribution in [2.24, 2.45) is 0 Å². The van der Waals surface area contributed by atoms with Gasteiger partial charge in [0.15, 0.2) is 0 Å². The summed E-state index contributed by atoms with van der Waals surface area (Å²) in [6, 6.07) is 8.02. The molecule has 0 unspecified atom stereocenters. The Bertz CT molecular complexity index is 416. The Morgan fingerprint density at radius 2 is 2.08 bits per heavy atom. The SMILES string of the molecule is [CH2]c1ccccc1-n1ccnc1C. The van der Waals surface area contributed by atoms with Gasteiger partial charge in [-0.1, -0.05) is 18.2 Å². The second-order valence-electron chi connectivity index (χ2n) is 2.97.